The summed E-state index contributed by atoms with van der Waals surface area (Å²) < 4.78 is 19.1. The van der Waals surface area contributed by atoms with Gasteiger partial charge in [0.1, 0.15) is 5.82 Å². The molecule has 3 aromatic rings. The number of aromatic nitrogens is 3. The third-order valence-corrected chi connectivity index (χ3v) is 6.05. The Bertz CT molecular complexity index is 991. The van der Waals surface area contributed by atoms with Gasteiger partial charge in [-0.1, -0.05) is 5.16 Å². The molecule has 0 spiro atoms. The Hall–Kier alpha value is -2.74. The first-order valence-corrected chi connectivity index (χ1v) is 10.2. The fourth-order valence-corrected chi connectivity index (χ4v) is 4.46. The number of halogens is 1. The van der Waals surface area contributed by atoms with Gasteiger partial charge < -0.3 is 14.7 Å². The van der Waals surface area contributed by atoms with Crippen LogP contribution < -0.4 is 10.2 Å². The molecule has 0 amide bonds. The number of rotatable bonds is 4. The summed E-state index contributed by atoms with van der Waals surface area (Å²) >= 11 is 0. The number of anilines is 2. The van der Waals surface area contributed by atoms with E-state index in [0.717, 1.165) is 55.9 Å². The Morgan fingerprint density at radius 2 is 2.03 bits per heavy atom. The average molecular weight is 396 g/mol. The summed E-state index contributed by atoms with van der Waals surface area (Å²) in [4.78, 5) is 13.5. The molecule has 2 atom stereocenters. The van der Waals surface area contributed by atoms with E-state index in [1.807, 2.05) is 19.3 Å². The maximum absolute atomic E-state index is 13.7. The SMILES string of the molecule is Cc1cnc(NC[C@@H]2CC[C@@H]3CN(c4noc5ccc(F)cc45)CCN3C2)nc1. The van der Waals surface area contributed by atoms with Crippen LogP contribution in [0.15, 0.2) is 35.1 Å². The largest absolute Gasteiger partial charge is 0.354 e. The zero-order valence-electron chi connectivity index (χ0n) is 16.5. The maximum atomic E-state index is 13.7. The molecule has 1 aromatic carbocycles. The Morgan fingerprint density at radius 1 is 1.17 bits per heavy atom. The quantitative estimate of drug-likeness (QED) is 0.727. The summed E-state index contributed by atoms with van der Waals surface area (Å²) in [6.45, 7) is 6.71. The molecule has 5 rings (SSSR count). The molecule has 1 N–H and O–H groups in total. The minimum atomic E-state index is -0.258. The van der Waals surface area contributed by atoms with E-state index in [1.165, 1.54) is 18.6 Å². The summed E-state index contributed by atoms with van der Waals surface area (Å²) in [7, 11) is 0. The Labute approximate surface area is 168 Å². The van der Waals surface area contributed by atoms with E-state index < -0.39 is 0 Å². The highest BCUT2D eigenvalue weighted by Gasteiger charge is 2.34. The van der Waals surface area contributed by atoms with Gasteiger partial charge in [0.05, 0.1) is 5.39 Å². The molecule has 4 heterocycles. The van der Waals surface area contributed by atoms with Gasteiger partial charge in [-0.05, 0) is 49.4 Å². The van der Waals surface area contributed by atoms with E-state index >= 15 is 0 Å². The van der Waals surface area contributed by atoms with E-state index in [4.69, 9.17) is 4.52 Å². The molecule has 2 aliphatic rings. The molecule has 0 radical (unpaired) electrons. The van der Waals surface area contributed by atoms with Gasteiger partial charge in [0, 0.05) is 51.2 Å². The highest BCUT2D eigenvalue weighted by molar-refractivity contribution is 5.88. The number of benzene rings is 1. The van der Waals surface area contributed by atoms with Crippen molar-refractivity contribution in [3.63, 3.8) is 0 Å². The second-order valence-corrected chi connectivity index (χ2v) is 8.15. The first kappa shape index (κ1) is 18.3. The first-order valence-electron chi connectivity index (χ1n) is 10.2. The van der Waals surface area contributed by atoms with Crippen molar-refractivity contribution >= 4 is 22.7 Å². The maximum Gasteiger partial charge on any atom is 0.222 e. The predicted octanol–water partition coefficient (Wildman–Crippen LogP) is 3.08. The monoisotopic (exact) mass is 396 g/mol. The summed E-state index contributed by atoms with van der Waals surface area (Å²) in [5.41, 5.74) is 1.70. The van der Waals surface area contributed by atoms with Crippen LogP contribution in [0.4, 0.5) is 16.2 Å². The number of hydrogen-bond acceptors (Lipinski definition) is 7. The molecular weight excluding hydrogens is 371 g/mol. The van der Waals surface area contributed by atoms with E-state index in [1.54, 1.807) is 6.07 Å². The fourth-order valence-electron chi connectivity index (χ4n) is 4.46. The van der Waals surface area contributed by atoms with Crippen molar-refractivity contribution in [3.8, 4) is 0 Å². The van der Waals surface area contributed by atoms with Crippen LogP contribution in [0, 0.1) is 18.7 Å². The van der Waals surface area contributed by atoms with E-state index in [9.17, 15) is 4.39 Å². The van der Waals surface area contributed by atoms with Crippen molar-refractivity contribution in [2.45, 2.75) is 25.8 Å². The number of piperazine rings is 1. The summed E-state index contributed by atoms with van der Waals surface area (Å²) in [5, 5.41) is 8.36. The van der Waals surface area contributed by atoms with Gasteiger partial charge in [-0.2, -0.15) is 0 Å². The van der Waals surface area contributed by atoms with Crippen molar-refractivity contribution in [3.05, 3.63) is 42.0 Å². The highest BCUT2D eigenvalue weighted by atomic mass is 19.1. The van der Waals surface area contributed by atoms with E-state index in [0.29, 0.717) is 23.5 Å². The van der Waals surface area contributed by atoms with Crippen LogP contribution in [0.5, 0.6) is 0 Å². The first-order chi connectivity index (χ1) is 14.2. The molecule has 0 bridgehead atoms. The normalized spacial score (nSPS) is 22.6. The summed E-state index contributed by atoms with van der Waals surface area (Å²) in [5.74, 6) is 1.79. The molecule has 29 heavy (non-hydrogen) atoms. The highest BCUT2D eigenvalue weighted by Crippen LogP contribution is 2.31. The molecule has 7 nitrogen and oxygen atoms in total. The van der Waals surface area contributed by atoms with Gasteiger partial charge in [-0.15, -0.1) is 0 Å². The second kappa shape index (κ2) is 7.59. The number of hydrogen-bond donors (Lipinski definition) is 1. The standard InChI is InChI=1S/C21H25FN6O/c1-14-9-23-21(24-10-14)25-11-15-2-4-17-13-28(7-6-27(17)12-15)20-18-8-16(22)3-5-19(18)29-26-20/h3,5,8-10,15,17H,2,4,6-7,11-13H2,1H3,(H,23,24,25)/t15-,17+/m0/s1. The fraction of sp³-hybridized carbons (Fsp3) is 0.476. The lowest BCUT2D eigenvalue weighted by molar-refractivity contribution is 0.0994. The number of nitrogens with zero attached hydrogens (tertiary/aromatic N) is 5. The van der Waals surface area contributed by atoms with Crippen LogP contribution in [-0.4, -0.2) is 58.8 Å². The topological polar surface area (TPSA) is 70.3 Å². The van der Waals surface area contributed by atoms with Crippen molar-refractivity contribution in [2.75, 3.05) is 42.9 Å². The number of aryl methyl sites for hydroxylation is 1. The minimum absolute atomic E-state index is 0.258. The van der Waals surface area contributed by atoms with Crippen molar-refractivity contribution in [2.24, 2.45) is 5.92 Å². The zero-order chi connectivity index (χ0) is 19.8. The molecule has 0 unspecified atom stereocenters. The number of piperidine rings is 1. The van der Waals surface area contributed by atoms with Gasteiger partial charge in [0.15, 0.2) is 11.4 Å². The molecule has 8 heteroatoms. The molecule has 2 fully saturated rings. The lowest BCUT2D eigenvalue weighted by Gasteiger charge is -2.46. The van der Waals surface area contributed by atoms with Crippen LogP contribution in [0.2, 0.25) is 0 Å². The van der Waals surface area contributed by atoms with Crippen LogP contribution >= 0.6 is 0 Å². The van der Waals surface area contributed by atoms with Crippen LogP contribution in [0.1, 0.15) is 18.4 Å². The Balaban J connectivity index is 1.20. The molecule has 0 aliphatic carbocycles. The Kier molecular flexibility index (Phi) is 4.79. The molecule has 2 aromatic heterocycles. The smallest absolute Gasteiger partial charge is 0.222 e. The van der Waals surface area contributed by atoms with Crippen LogP contribution in [0.3, 0.4) is 0 Å². The second-order valence-electron chi connectivity index (χ2n) is 8.15. The predicted molar refractivity (Wildman–Crippen MR) is 110 cm³/mol. The number of nitrogens with one attached hydrogen (secondary N) is 1. The van der Waals surface area contributed by atoms with Gasteiger partial charge in [0.25, 0.3) is 0 Å². The van der Waals surface area contributed by atoms with Crippen molar-refractivity contribution < 1.29 is 8.91 Å². The molecule has 2 aliphatic heterocycles. The summed E-state index contributed by atoms with van der Waals surface area (Å²) in [6.07, 6.45) is 5.99. The molecular formula is C21H25FN6O. The lowest BCUT2D eigenvalue weighted by atomic mass is 9.91. The minimum Gasteiger partial charge on any atom is -0.354 e. The third kappa shape index (κ3) is 3.76. The van der Waals surface area contributed by atoms with Crippen LogP contribution in [0.25, 0.3) is 11.0 Å². The Morgan fingerprint density at radius 3 is 2.90 bits per heavy atom. The van der Waals surface area contributed by atoms with Gasteiger partial charge in [0.2, 0.25) is 5.95 Å². The number of fused-ring (bicyclic) bond motifs is 2. The van der Waals surface area contributed by atoms with Crippen molar-refractivity contribution in [1.29, 1.82) is 0 Å². The third-order valence-electron chi connectivity index (χ3n) is 6.05. The summed E-state index contributed by atoms with van der Waals surface area (Å²) in [6, 6.07) is 5.07. The van der Waals surface area contributed by atoms with Gasteiger partial charge in [-0.25, -0.2) is 14.4 Å². The zero-order valence-corrected chi connectivity index (χ0v) is 16.5. The van der Waals surface area contributed by atoms with Gasteiger partial charge >= 0.3 is 0 Å². The van der Waals surface area contributed by atoms with Crippen LogP contribution in [-0.2, 0) is 0 Å². The van der Waals surface area contributed by atoms with Crippen molar-refractivity contribution in [1.82, 2.24) is 20.0 Å². The molecule has 2 saturated heterocycles. The van der Waals surface area contributed by atoms with E-state index in [2.05, 4.69) is 30.2 Å². The molecule has 0 saturated carbocycles. The lowest BCUT2D eigenvalue weighted by Crippen LogP contribution is -2.57. The molecule has 152 valence electrons. The average Bonchev–Trinajstić information content (AvgIpc) is 3.16. The van der Waals surface area contributed by atoms with Gasteiger partial charge in [-0.3, -0.25) is 4.90 Å². The van der Waals surface area contributed by atoms with E-state index in [-0.39, 0.29) is 5.82 Å².